The van der Waals surface area contributed by atoms with Gasteiger partial charge in [0.15, 0.2) is 5.09 Å². The predicted molar refractivity (Wildman–Crippen MR) is 66.6 cm³/mol. The van der Waals surface area contributed by atoms with Crippen molar-refractivity contribution in [3.63, 3.8) is 0 Å². The summed E-state index contributed by atoms with van der Waals surface area (Å²) >= 11 is 7.17. The molecule has 0 saturated heterocycles. The van der Waals surface area contributed by atoms with Gasteiger partial charge in [-0.1, -0.05) is 23.4 Å². The highest BCUT2D eigenvalue weighted by atomic mass is 35.5. The minimum Gasteiger partial charge on any atom is -0.475 e. The summed E-state index contributed by atoms with van der Waals surface area (Å²) in [6.07, 6.45) is 0. The average molecular weight is 287 g/mol. The van der Waals surface area contributed by atoms with Crippen molar-refractivity contribution in [2.75, 3.05) is 0 Å². The molecule has 3 nitrogen and oxygen atoms in total. The Hall–Kier alpha value is -1.46. The molecule has 1 aromatic heterocycles. The summed E-state index contributed by atoms with van der Waals surface area (Å²) in [5.74, 6) is -1.20. The van der Waals surface area contributed by atoms with Crippen molar-refractivity contribution in [1.82, 2.24) is 0 Å². The Bertz CT molecular complexity index is 582. The van der Waals surface area contributed by atoms with Gasteiger partial charge in [0.2, 0.25) is 5.76 Å². The normalized spacial score (nSPS) is 10.6. The summed E-state index contributed by atoms with van der Waals surface area (Å²) < 4.78 is 18.1. The Morgan fingerprint density at radius 1 is 1.39 bits per heavy atom. The Balaban J connectivity index is 2.06. The smallest absolute Gasteiger partial charge is 0.371 e. The summed E-state index contributed by atoms with van der Waals surface area (Å²) in [6, 6.07) is 7.04. The topological polar surface area (TPSA) is 50.4 Å². The molecule has 0 amide bonds. The zero-order valence-corrected chi connectivity index (χ0v) is 10.6. The van der Waals surface area contributed by atoms with Crippen molar-refractivity contribution in [3.8, 4) is 0 Å². The van der Waals surface area contributed by atoms with E-state index in [1.54, 1.807) is 6.07 Å². The summed E-state index contributed by atoms with van der Waals surface area (Å²) in [4.78, 5) is 10.6. The molecule has 6 heteroatoms. The van der Waals surface area contributed by atoms with Crippen LogP contribution in [0.15, 0.2) is 39.8 Å². The molecule has 18 heavy (non-hydrogen) atoms. The monoisotopic (exact) mass is 286 g/mol. The van der Waals surface area contributed by atoms with E-state index in [1.807, 2.05) is 0 Å². The number of aromatic carboxylic acids is 1. The fourth-order valence-corrected chi connectivity index (χ4v) is 2.43. The molecule has 0 saturated carbocycles. The first kappa shape index (κ1) is 13.0. The third kappa shape index (κ3) is 3.05. The number of carboxylic acids is 1. The maximum Gasteiger partial charge on any atom is 0.371 e. The van der Waals surface area contributed by atoms with Gasteiger partial charge in [0.1, 0.15) is 5.82 Å². The highest BCUT2D eigenvalue weighted by Gasteiger charge is 2.10. The second kappa shape index (κ2) is 5.46. The number of halogens is 2. The van der Waals surface area contributed by atoms with Gasteiger partial charge in [-0.25, -0.2) is 9.18 Å². The third-order valence-electron chi connectivity index (χ3n) is 2.17. The largest absolute Gasteiger partial charge is 0.475 e. The lowest BCUT2D eigenvalue weighted by molar-refractivity contribution is 0.0656. The number of carbonyl (C=O) groups is 1. The highest BCUT2D eigenvalue weighted by molar-refractivity contribution is 7.98. The molecule has 0 bridgehead atoms. The SMILES string of the molecule is O=C(O)c1ccc(SCc2cc(F)ccc2Cl)o1. The van der Waals surface area contributed by atoms with Gasteiger partial charge in [-0.15, -0.1) is 0 Å². The van der Waals surface area contributed by atoms with Gasteiger partial charge in [0, 0.05) is 10.8 Å². The fourth-order valence-electron chi connectivity index (χ4n) is 1.32. The minimum atomic E-state index is -1.12. The van der Waals surface area contributed by atoms with Crippen molar-refractivity contribution in [2.45, 2.75) is 10.8 Å². The molecule has 2 aromatic rings. The van der Waals surface area contributed by atoms with Crippen LogP contribution in [-0.2, 0) is 5.75 Å². The van der Waals surface area contributed by atoms with Crippen LogP contribution in [0.1, 0.15) is 16.1 Å². The van der Waals surface area contributed by atoms with Crippen molar-refractivity contribution in [2.24, 2.45) is 0 Å². The minimum absolute atomic E-state index is 0.122. The van der Waals surface area contributed by atoms with Gasteiger partial charge < -0.3 is 9.52 Å². The molecule has 0 radical (unpaired) electrons. The predicted octanol–water partition coefficient (Wildman–Crippen LogP) is 4.06. The van der Waals surface area contributed by atoms with Crippen LogP contribution in [0, 0.1) is 5.82 Å². The van der Waals surface area contributed by atoms with E-state index in [1.165, 1.54) is 36.0 Å². The number of thioether (sulfide) groups is 1. The fraction of sp³-hybridized carbons (Fsp3) is 0.0833. The van der Waals surface area contributed by atoms with E-state index in [0.717, 1.165) is 0 Å². The van der Waals surface area contributed by atoms with Gasteiger partial charge in [-0.3, -0.25) is 0 Å². The molecule has 1 heterocycles. The van der Waals surface area contributed by atoms with E-state index in [-0.39, 0.29) is 11.6 Å². The molecule has 0 atom stereocenters. The van der Waals surface area contributed by atoms with Crippen LogP contribution in [0.5, 0.6) is 0 Å². The van der Waals surface area contributed by atoms with E-state index in [2.05, 4.69) is 0 Å². The number of benzene rings is 1. The van der Waals surface area contributed by atoms with Crippen molar-refractivity contribution < 1.29 is 18.7 Å². The van der Waals surface area contributed by atoms with Gasteiger partial charge in [-0.2, -0.15) is 0 Å². The lowest BCUT2D eigenvalue weighted by atomic mass is 10.2. The zero-order valence-electron chi connectivity index (χ0n) is 9.02. The van der Waals surface area contributed by atoms with Crippen molar-refractivity contribution in [3.05, 3.63) is 52.5 Å². The maximum atomic E-state index is 13.0. The molecule has 0 fully saturated rings. The molecule has 0 aliphatic heterocycles. The Labute approximate surface area is 112 Å². The first-order valence-corrected chi connectivity index (χ1v) is 6.32. The van der Waals surface area contributed by atoms with E-state index < -0.39 is 5.97 Å². The molecule has 2 rings (SSSR count). The molecule has 0 spiro atoms. The van der Waals surface area contributed by atoms with E-state index in [9.17, 15) is 9.18 Å². The Morgan fingerprint density at radius 2 is 2.17 bits per heavy atom. The maximum absolute atomic E-state index is 13.0. The van der Waals surface area contributed by atoms with Crippen LogP contribution in [0.3, 0.4) is 0 Å². The van der Waals surface area contributed by atoms with Crippen LogP contribution in [0.2, 0.25) is 5.02 Å². The van der Waals surface area contributed by atoms with Gasteiger partial charge >= 0.3 is 5.97 Å². The van der Waals surface area contributed by atoms with Gasteiger partial charge in [0.05, 0.1) is 0 Å². The van der Waals surface area contributed by atoms with Crippen LogP contribution in [0.4, 0.5) is 4.39 Å². The average Bonchev–Trinajstić information content (AvgIpc) is 2.79. The van der Waals surface area contributed by atoms with Crippen LogP contribution in [0.25, 0.3) is 0 Å². The van der Waals surface area contributed by atoms with Crippen LogP contribution < -0.4 is 0 Å². The number of hydrogen-bond donors (Lipinski definition) is 1. The molecule has 0 aliphatic rings. The van der Waals surface area contributed by atoms with E-state index in [0.29, 0.717) is 21.4 Å². The van der Waals surface area contributed by atoms with Gasteiger partial charge in [-0.05, 0) is 35.9 Å². The standard InChI is InChI=1S/C12H8ClFO3S/c13-9-2-1-8(14)5-7(9)6-18-11-4-3-10(17-11)12(15)16/h1-5H,6H2,(H,15,16). The van der Waals surface area contributed by atoms with Gasteiger partial charge in [0.25, 0.3) is 0 Å². The number of furan rings is 1. The molecule has 1 aromatic carbocycles. The van der Waals surface area contributed by atoms with Crippen molar-refractivity contribution >= 4 is 29.3 Å². The number of rotatable bonds is 4. The molecular formula is C12H8ClFO3S. The Kier molecular flexibility index (Phi) is 3.93. The molecular weight excluding hydrogens is 279 g/mol. The van der Waals surface area contributed by atoms with Crippen LogP contribution >= 0.6 is 23.4 Å². The Morgan fingerprint density at radius 3 is 2.83 bits per heavy atom. The first-order chi connectivity index (χ1) is 8.56. The second-order valence-corrected chi connectivity index (χ2v) is 4.84. The third-order valence-corrected chi connectivity index (χ3v) is 3.50. The number of carboxylic acid groups (broad SMARTS) is 1. The van der Waals surface area contributed by atoms with E-state index in [4.69, 9.17) is 21.1 Å². The first-order valence-electron chi connectivity index (χ1n) is 4.96. The molecule has 94 valence electrons. The highest BCUT2D eigenvalue weighted by Crippen LogP contribution is 2.28. The van der Waals surface area contributed by atoms with Crippen molar-refractivity contribution in [1.29, 1.82) is 0 Å². The van der Waals surface area contributed by atoms with Crippen LogP contribution in [-0.4, -0.2) is 11.1 Å². The van der Waals surface area contributed by atoms with E-state index >= 15 is 0 Å². The lowest BCUT2D eigenvalue weighted by Crippen LogP contribution is -1.91. The summed E-state index contributed by atoms with van der Waals surface area (Å²) in [7, 11) is 0. The summed E-state index contributed by atoms with van der Waals surface area (Å²) in [5, 5.41) is 9.61. The quantitative estimate of drug-likeness (QED) is 0.861. The molecule has 0 aliphatic carbocycles. The second-order valence-electron chi connectivity index (χ2n) is 3.45. The molecule has 1 N–H and O–H groups in total. The lowest BCUT2D eigenvalue weighted by Gasteiger charge is -2.02. The molecule has 0 unspecified atom stereocenters. The summed E-state index contributed by atoms with van der Waals surface area (Å²) in [6.45, 7) is 0. The zero-order chi connectivity index (χ0) is 13.1. The number of hydrogen-bond acceptors (Lipinski definition) is 3. The summed E-state index contributed by atoms with van der Waals surface area (Å²) in [5.41, 5.74) is 0.634.